The first-order valence-corrected chi connectivity index (χ1v) is 8.80. The summed E-state index contributed by atoms with van der Waals surface area (Å²) >= 11 is 0. The zero-order valence-corrected chi connectivity index (χ0v) is 15.7. The lowest BCUT2D eigenvalue weighted by Crippen LogP contribution is -2.31. The Morgan fingerprint density at radius 2 is 1.71 bits per heavy atom. The molecule has 8 heteroatoms. The molecule has 0 fully saturated rings. The van der Waals surface area contributed by atoms with Crippen LogP contribution in [0.25, 0.3) is 0 Å². The van der Waals surface area contributed by atoms with Gasteiger partial charge in [0.2, 0.25) is 0 Å². The van der Waals surface area contributed by atoms with Crippen molar-refractivity contribution in [2.24, 2.45) is 0 Å². The molecule has 0 spiro atoms. The number of benzene rings is 2. The van der Waals surface area contributed by atoms with E-state index in [4.69, 9.17) is 9.47 Å². The number of non-ortho nitro benzene ring substituents is 1. The molecule has 0 bridgehead atoms. The molecular formula is C20H22N2O6. The monoisotopic (exact) mass is 386 g/mol. The third-order valence-electron chi connectivity index (χ3n) is 4.03. The molecule has 0 saturated carbocycles. The maximum absolute atomic E-state index is 11.9. The lowest BCUT2D eigenvalue weighted by Gasteiger charge is -2.15. The SMILES string of the molecule is CCc1ccc([C@@H](C)NC(=O)COC(=O)COc2ccc([N+](=O)[O-])cc2)cc1. The highest BCUT2D eigenvalue weighted by atomic mass is 16.6. The maximum Gasteiger partial charge on any atom is 0.344 e. The molecule has 2 aromatic rings. The van der Waals surface area contributed by atoms with E-state index >= 15 is 0 Å². The fourth-order valence-electron chi connectivity index (χ4n) is 2.40. The quantitative estimate of drug-likeness (QED) is 0.403. The number of rotatable bonds is 9. The van der Waals surface area contributed by atoms with Crippen molar-refractivity contribution in [2.45, 2.75) is 26.3 Å². The van der Waals surface area contributed by atoms with Gasteiger partial charge in [-0.3, -0.25) is 14.9 Å². The van der Waals surface area contributed by atoms with Gasteiger partial charge in [-0.1, -0.05) is 31.2 Å². The summed E-state index contributed by atoms with van der Waals surface area (Å²) in [6.07, 6.45) is 0.943. The summed E-state index contributed by atoms with van der Waals surface area (Å²) in [6, 6.07) is 13.0. The molecule has 0 heterocycles. The predicted octanol–water partition coefficient (Wildman–Crippen LogP) is 2.96. The van der Waals surface area contributed by atoms with E-state index < -0.39 is 30.0 Å². The Hall–Kier alpha value is -3.42. The number of hydrogen-bond acceptors (Lipinski definition) is 6. The van der Waals surface area contributed by atoms with Crippen molar-refractivity contribution in [3.05, 3.63) is 69.8 Å². The van der Waals surface area contributed by atoms with Crippen LogP contribution in [-0.4, -0.2) is 30.0 Å². The van der Waals surface area contributed by atoms with Crippen molar-refractivity contribution in [1.29, 1.82) is 0 Å². The normalized spacial score (nSPS) is 11.4. The molecule has 0 aliphatic rings. The first kappa shape index (κ1) is 20.9. The number of ether oxygens (including phenoxy) is 2. The van der Waals surface area contributed by atoms with Gasteiger partial charge in [0.15, 0.2) is 13.2 Å². The van der Waals surface area contributed by atoms with Crippen molar-refractivity contribution in [2.75, 3.05) is 13.2 Å². The second kappa shape index (κ2) is 10.1. The second-order valence-electron chi connectivity index (χ2n) is 6.08. The van der Waals surface area contributed by atoms with Crippen LogP contribution in [-0.2, 0) is 20.7 Å². The molecule has 0 aliphatic heterocycles. The smallest absolute Gasteiger partial charge is 0.344 e. The highest BCUT2D eigenvalue weighted by Crippen LogP contribution is 2.17. The van der Waals surface area contributed by atoms with E-state index in [1.807, 2.05) is 31.2 Å². The van der Waals surface area contributed by atoms with Crippen LogP contribution >= 0.6 is 0 Å². The number of aryl methyl sites for hydroxylation is 1. The van der Waals surface area contributed by atoms with Gasteiger partial charge >= 0.3 is 5.97 Å². The summed E-state index contributed by atoms with van der Waals surface area (Å²) < 4.78 is 10.1. The second-order valence-corrected chi connectivity index (χ2v) is 6.08. The van der Waals surface area contributed by atoms with E-state index in [0.29, 0.717) is 0 Å². The van der Waals surface area contributed by atoms with Crippen LogP contribution in [0.3, 0.4) is 0 Å². The molecule has 0 radical (unpaired) electrons. The van der Waals surface area contributed by atoms with Crippen LogP contribution in [0.2, 0.25) is 0 Å². The Morgan fingerprint density at radius 1 is 1.07 bits per heavy atom. The number of nitro benzene ring substituents is 1. The van der Waals surface area contributed by atoms with E-state index in [2.05, 4.69) is 12.2 Å². The van der Waals surface area contributed by atoms with Gasteiger partial charge in [-0.15, -0.1) is 0 Å². The van der Waals surface area contributed by atoms with E-state index in [9.17, 15) is 19.7 Å². The minimum Gasteiger partial charge on any atom is -0.482 e. The number of nitrogens with zero attached hydrogens (tertiary/aromatic N) is 1. The molecule has 0 saturated heterocycles. The molecule has 1 N–H and O–H groups in total. The zero-order chi connectivity index (χ0) is 20.5. The first-order chi connectivity index (χ1) is 13.4. The van der Waals surface area contributed by atoms with Gasteiger partial charge in [0.25, 0.3) is 11.6 Å². The maximum atomic E-state index is 11.9. The Labute approximate surface area is 162 Å². The van der Waals surface area contributed by atoms with Crippen molar-refractivity contribution in [3.63, 3.8) is 0 Å². The molecule has 0 aliphatic carbocycles. The standard InChI is InChI=1S/C20H22N2O6/c1-3-15-4-6-16(7-5-15)14(2)21-19(23)12-28-20(24)13-27-18-10-8-17(9-11-18)22(25)26/h4-11,14H,3,12-13H2,1-2H3,(H,21,23)/t14-/m1/s1. The summed E-state index contributed by atoms with van der Waals surface area (Å²) in [4.78, 5) is 33.7. The topological polar surface area (TPSA) is 108 Å². The molecule has 0 aromatic heterocycles. The van der Waals surface area contributed by atoms with Crippen molar-refractivity contribution in [1.82, 2.24) is 5.32 Å². The number of hydrogen-bond donors (Lipinski definition) is 1. The Bertz CT molecular complexity index is 818. The number of nitrogens with one attached hydrogen (secondary N) is 1. The zero-order valence-electron chi connectivity index (χ0n) is 15.7. The van der Waals surface area contributed by atoms with Crippen molar-refractivity contribution < 1.29 is 24.0 Å². The van der Waals surface area contributed by atoms with Gasteiger partial charge in [-0.2, -0.15) is 0 Å². The van der Waals surface area contributed by atoms with E-state index in [0.717, 1.165) is 12.0 Å². The Balaban J connectivity index is 1.72. The molecule has 1 atom stereocenters. The van der Waals surface area contributed by atoms with Gasteiger partial charge in [0.05, 0.1) is 11.0 Å². The molecule has 1 amide bonds. The third kappa shape index (κ3) is 6.39. The van der Waals surface area contributed by atoms with Gasteiger partial charge in [-0.05, 0) is 36.6 Å². The fourth-order valence-corrected chi connectivity index (χ4v) is 2.40. The molecule has 2 aromatic carbocycles. The van der Waals surface area contributed by atoms with Gasteiger partial charge in [0.1, 0.15) is 5.75 Å². The largest absolute Gasteiger partial charge is 0.482 e. The van der Waals surface area contributed by atoms with E-state index in [1.54, 1.807) is 0 Å². The number of carbonyl (C=O) groups excluding carboxylic acids is 2. The fraction of sp³-hybridized carbons (Fsp3) is 0.300. The first-order valence-electron chi connectivity index (χ1n) is 8.80. The highest BCUT2D eigenvalue weighted by Gasteiger charge is 2.13. The van der Waals surface area contributed by atoms with Crippen molar-refractivity contribution in [3.8, 4) is 5.75 Å². The Kier molecular flexibility index (Phi) is 7.50. The minimum absolute atomic E-state index is 0.0787. The number of nitro groups is 1. The predicted molar refractivity (Wildman–Crippen MR) is 102 cm³/mol. The van der Waals surface area contributed by atoms with Gasteiger partial charge in [0, 0.05) is 12.1 Å². The average Bonchev–Trinajstić information content (AvgIpc) is 2.71. The van der Waals surface area contributed by atoms with Crippen LogP contribution in [0.15, 0.2) is 48.5 Å². The Morgan fingerprint density at radius 3 is 2.29 bits per heavy atom. The van der Waals surface area contributed by atoms with Gasteiger partial charge < -0.3 is 14.8 Å². The lowest BCUT2D eigenvalue weighted by atomic mass is 10.1. The minimum atomic E-state index is -0.714. The summed E-state index contributed by atoms with van der Waals surface area (Å²) in [6.45, 7) is 3.09. The van der Waals surface area contributed by atoms with E-state index in [-0.39, 0.29) is 17.5 Å². The summed E-state index contributed by atoms with van der Waals surface area (Å²) in [5.74, 6) is -0.847. The van der Waals surface area contributed by atoms with Gasteiger partial charge in [-0.25, -0.2) is 4.79 Å². The molecule has 0 unspecified atom stereocenters. The average molecular weight is 386 g/mol. The molecule has 2 rings (SSSR count). The summed E-state index contributed by atoms with van der Waals surface area (Å²) in [5, 5.41) is 13.3. The number of amides is 1. The molecular weight excluding hydrogens is 364 g/mol. The summed E-state index contributed by atoms with van der Waals surface area (Å²) in [7, 11) is 0. The molecule has 148 valence electrons. The van der Waals surface area contributed by atoms with Crippen LogP contribution in [0.4, 0.5) is 5.69 Å². The van der Waals surface area contributed by atoms with Crippen LogP contribution < -0.4 is 10.1 Å². The summed E-state index contributed by atoms with van der Waals surface area (Å²) in [5.41, 5.74) is 2.09. The van der Waals surface area contributed by atoms with E-state index in [1.165, 1.54) is 29.8 Å². The van der Waals surface area contributed by atoms with Crippen LogP contribution in [0.5, 0.6) is 5.75 Å². The molecule has 28 heavy (non-hydrogen) atoms. The number of carbonyl (C=O) groups is 2. The molecule has 8 nitrogen and oxygen atoms in total. The van der Waals surface area contributed by atoms with Crippen LogP contribution in [0.1, 0.15) is 31.0 Å². The lowest BCUT2D eigenvalue weighted by molar-refractivity contribution is -0.384. The number of esters is 1. The third-order valence-corrected chi connectivity index (χ3v) is 4.03. The van der Waals surface area contributed by atoms with Crippen LogP contribution in [0, 0.1) is 10.1 Å². The highest BCUT2D eigenvalue weighted by molar-refractivity contribution is 5.81. The van der Waals surface area contributed by atoms with Crippen molar-refractivity contribution >= 4 is 17.6 Å².